The monoisotopic (exact) mass is 329 g/mol. The van der Waals surface area contributed by atoms with Gasteiger partial charge in [0.1, 0.15) is 10.6 Å². The number of amides is 1. The topological polar surface area (TPSA) is 83.7 Å². The van der Waals surface area contributed by atoms with Crippen LogP contribution in [0.3, 0.4) is 0 Å². The third kappa shape index (κ3) is 3.33. The van der Waals surface area contributed by atoms with Crippen LogP contribution in [-0.4, -0.2) is 55.4 Å². The Morgan fingerprint density at radius 2 is 2.14 bits per heavy atom. The fourth-order valence-electron chi connectivity index (χ4n) is 2.79. The number of carbonyl (C=O) groups excluding carboxylic acids is 1. The van der Waals surface area contributed by atoms with Crippen LogP contribution in [0.5, 0.6) is 0 Å². The van der Waals surface area contributed by atoms with Crippen LogP contribution in [0.1, 0.15) is 31.2 Å². The fraction of sp³-hybridized carbons (Fsp3) is 0.714. The highest BCUT2D eigenvalue weighted by molar-refractivity contribution is 7.89. The number of aromatic nitrogens is 1. The van der Waals surface area contributed by atoms with Crippen molar-refractivity contribution in [1.82, 2.24) is 14.4 Å². The van der Waals surface area contributed by atoms with Gasteiger partial charge in [-0.1, -0.05) is 12.1 Å². The summed E-state index contributed by atoms with van der Waals surface area (Å²) in [5.74, 6) is 0.537. The van der Waals surface area contributed by atoms with Gasteiger partial charge >= 0.3 is 0 Å². The molecule has 0 bridgehead atoms. The minimum Gasteiger partial charge on any atom is -0.360 e. The average Bonchev–Trinajstić information content (AvgIpc) is 2.78. The number of hydrogen-bond acceptors (Lipinski definition) is 5. The first-order chi connectivity index (χ1) is 10.2. The number of sulfonamides is 1. The number of aryl methyl sites for hydroxylation is 2. The van der Waals surface area contributed by atoms with E-state index in [-0.39, 0.29) is 23.1 Å². The lowest BCUT2D eigenvalue weighted by atomic mass is 10.0. The SMILES string of the molecule is Cc1noc(C)c1S(=O)(=O)N(C)CC(=O)N1CCCC(C)C1. The summed E-state index contributed by atoms with van der Waals surface area (Å²) in [5.41, 5.74) is 0.309. The smallest absolute Gasteiger partial charge is 0.248 e. The fourth-order valence-corrected chi connectivity index (χ4v) is 4.19. The number of carbonyl (C=O) groups is 1. The molecule has 22 heavy (non-hydrogen) atoms. The van der Waals surface area contributed by atoms with Crippen LogP contribution in [0.2, 0.25) is 0 Å². The maximum atomic E-state index is 12.6. The standard InChI is InChI=1S/C14H23N3O4S/c1-10-6-5-7-17(8-10)13(18)9-16(4)22(19,20)14-11(2)15-21-12(14)3/h10H,5-9H2,1-4H3. The van der Waals surface area contributed by atoms with E-state index in [2.05, 4.69) is 12.1 Å². The first-order valence-electron chi connectivity index (χ1n) is 7.40. The molecule has 2 heterocycles. The summed E-state index contributed by atoms with van der Waals surface area (Å²) >= 11 is 0. The van der Waals surface area contributed by atoms with E-state index in [1.165, 1.54) is 7.05 Å². The number of hydrogen-bond donors (Lipinski definition) is 0. The summed E-state index contributed by atoms with van der Waals surface area (Å²) in [6, 6.07) is 0. The average molecular weight is 329 g/mol. The van der Waals surface area contributed by atoms with E-state index in [0.717, 1.165) is 17.1 Å². The van der Waals surface area contributed by atoms with E-state index in [0.29, 0.717) is 24.7 Å². The second kappa shape index (κ2) is 6.37. The molecule has 124 valence electrons. The predicted molar refractivity (Wildman–Crippen MR) is 80.8 cm³/mol. The van der Waals surface area contributed by atoms with Gasteiger partial charge in [-0.25, -0.2) is 8.42 Å². The van der Waals surface area contributed by atoms with Crippen LogP contribution in [0.25, 0.3) is 0 Å². The van der Waals surface area contributed by atoms with E-state index in [1.54, 1.807) is 18.7 Å². The van der Waals surface area contributed by atoms with Crippen molar-refractivity contribution < 1.29 is 17.7 Å². The van der Waals surface area contributed by atoms with E-state index >= 15 is 0 Å². The number of piperidine rings is 1. The normalized spacial score (nSPS) is 19.7. The molecule has 0 N–H and O–H groups in total. The van der Waals surface area contributed by atoms with Crippen molar-refractivity contribution in [1.29, 1.82) is 0 Å². The molecule has 0 spiro atoms. The molecule has 1 saturated heterocycles. The van der Waals surface area contributed by atoms with Crippen LogP contribution >= 0.6 is 0 Å². The third-order valence-electron chi connectivity index (χ3n) is 4.00. The van der Waals surface area contributed by atoms with E-state index in [4.69, 9.17) is 4.52 Å². The molecule has 1 amide bonds. The summed E-state index contributed by atoms with van der Waals surface area (Å²) in [6.45, 7) is 6.45. The van der Waals surface area contributed by atoms with Crippen LogP contribution in [0.15, 0.2) is 9.42 Å². The van der Waals surface area contributed by atoms with Gasteiger partial charge in [0, 0.05) is 20.1 Å². The van der Waals surface area contributed by atoms with Gasteiger partial charge in [-0.05, 0) is 32.6 Å². The van der Waals surface area contributed by atoms with Crippen molar-refractivity contribution in [2.45, 2.75) is 38.5 Å². The molecule has 1 aliphatic heterocycles. The Balaban J connectivity index is 2.11. The Morgan fingerprint density at radius 1 is 1.45 bits per heavy atom. The zero-order valence-electron chi connectivity index (χ0n) is 13.5. The molecule has 8 heteroatoms. The number of rotatable bonds is 4. The molecular formula is C14H23N3O4S. The van der Waals surface area contributed by atoms with Gasteiger partial charge in [0.2, 0.25) is 15.9 Å². The molecule has 0 aliphatic carbocycles. The van der Waals surface area contributed by atoms with Crippen LogP contribution < -0.4 is 0 Å². The Morgan fingerprint density at radius 3 is 2.68 bits per heavy atom. The van der Waals surface area contributed by atoms with Crippen LogP contribution in [-0.2, 0) is 14.8 Å². The third-order valence-corrected chi connectivity index (χ3v) is 6.05. The van der Waals surface area contributed by atoms with Crippen molar-refractivity contribution >= 4 is 15.9 Å². The quantitative estimate of drug-likeness (QED) is 0.828. The highest BCUT2D eigenvalue weighted by atomic mass is 32.2. The lowest BCUT2D eigenvalue weighted by Gasteiger charge is -2.32. The molecule has 1 aliphatic rings. The van der Waals surface area contributed by atoms with Crippen molar-refractivity contribution in [2.24, 2.45) is 5.92 Å². The lowest BCUT2D eigenvalue weighted by Crippen LogP contribution is -2.45. The van der Waals surface area contributed by atoms with Gasteiger partial charge in [-0.3, -0.25) is 4.79 Å². The number of likely N-dealkylation sites (tertiary alicyclic amines) is 1. The molecular weight excluding hydrogens is 306 g/mol. The van der Waals surface area contributed by atoms with Gasteiger partial charge in [-0.15, -0.1) is 0 Å². The van der Waals surface area contributed by atoms with Crippen LogP contribution in [0.4, 0.5) is 0 Å². The Hall–Kier alpha value is -1.41. The van der Waals surface area contributed by atoms with E-state index in [1.807, 2.05) is 0 Å². The summed E-state index contributed by atoms with van der Waals surface area (Å²) in [4.78, 5) is 14.1. The van der Waals surface area contributed by atoms with Gasteiger partial charge in [0.05, 0.1) is 6.54 Å². The Labute approximate surface area is 131 Å². The summed E-state index contributed by atoms with van der Waals surface area (Å²) in [6.07, 6.45) is 2.07. The molecule has 1 atom stereocenters. The van der Waals surface area contributed by atoms with Gasteiger partial charge < -0.3 is 9.42 Å². The Bertz CT molecular complexity index is 634. The second-order valence-corrected chi connectivity index (χ2v) is 7.98. The first kappa shape index (κ1) is 17.0. The number of nitrogens with zero attached hydrogens (tertiary/aromatic N) is 3. The highest BCUT2D eigenvalue weighted by Crippen LogP contribution is 2.22. The van der Waals surface area contributed by atoms with Crippen molar-refractivity contribution in [3.63, 3.8) is 0 Å². The molecule has 1 fully saturated rings. The van der Waals surface area contributed by atoms with Gasteiger partial charge in [0.15, 0.2) is 5.76 Å². The van der Waals surface area contributed by atoms with E-state index < -0.39 is 10.0 Å². The molecule has 0 aromatic carbocycles. The number of likely N-dealkylation sites (N-methyl/N-ethyl adjacent to an activating group) is 1. The van der Waals surface area contributed by atoms with Crippen molar-refractivity contribution in [2.75, 3.05) is 26.7 Å². The van der Waals surface area contributed by atoms with Crippen molar-refractivity contribution in [3.05, 3.63) is 11.5 Å². The molecule has 0 radical (unpaired) electrons. The van der Waals surface area contributed by atoms with Gasteiger partial charge in [-0.2, -0.15) is 4.31 Å². The summed E-state index contributed by atoms with van der Waals surface area (Å²) in [5, 5.41) is 3.67. The molecule has 2 rings (SSSR count). The lowest BCUT2D eigenvalue weighted by molar-refractivity contribution is -0.132. The maximum absolute atomic E-state index is 12.6. The predicted octanol–water partition coefficient (Wildman–Crippen LogP) is 1.17. The van der Waals surface area contributed by atoms with Crippen molar-refractivity contribution in [3.8, 4) is 0 Å². The van der Waals surface area contributed by atoms with Crippen LogP contribution in [0, 0.1) is 19.8 Å². The minimum atomic E-state index is -3.77. The zero-order chi connectivity index (χ0) is 16.5. The summed E-state index contributed by atoms with van der Waals surface area (Å²) in [7, 11) is -2.37. The zero-order valence-corrected chi connectivity index (χ0v) is 14.3. The van der Waals surface area contributed by atoms with Gasteiger partial charge in [0.25, 0.3) is 0 Å². The molecule has 1 aromatic heterocycles. The molecule has 1 unspecified atom stereocenters. The first-order valence-corrected chi connectivity index (χ1v) is 8.84. The highest BCUT2D eigenvalue weighted by Gasteiger charge is 2.31. The summed E-state index contributed by atoms with van der Waals surface area (Å²) < 4.78 is 31.1. The molecule has 0 saturated carbocycles. The molecule has 1 aromatic rings. The second-order valence-electron chi connectivity index (χ2n) is 6.00. The Kier molecular flexibility index (Phi) is 4.91. The largest absolute Gasteiger partial charge is 0.360 e. The molecule has 7 nitrogen and oxygen atoms in total. The minimum absolute atomic E-state index is 0.0508. The maximum Gasteiger partial charge on any atom is 0.248 e. The van der Waals surface area contributed by atoms with E-state index in [9.17, 15) is 13.2 Å².